The molecule has 7 heteroatoms. The summed E-state index contributed by atoms with van der Waals surface area (Å²) in [6.07, 6.45) is -0.260. The summed E-state index contributed by atoms with van der Waals surface area (Å²) in [5.74, 6) is 2.26. The average molecular weight is 380 g/mol. The van der Waals surface area contributed by atoms with Gasteiger partial charge in [0.1, 0.15) is 12.4 Å². The Hall–Kier alpha value is -3.48. The van der Waals surface area contributed by atoms with Gasteiger partial charge in [-0.25, -0.2) is 0 Å². The van der Waals surface area contributed by atoms with Crippen molar-refractivity contribution in [2.45, 2.75) is 6.10 Å². The van der Waals surface area contributed by atoms with E-state index in [1.54, 1.807) is 25.1 Å². The van der Waals surface area contributed by atoms with Crippen molar-refractivity contribution in [2.75, 3.05) is 27.3 Å². The van der Waals surface area contributed by atoms with Gasteiger partial charge < -0.3 is 23.6 Å². The summed E-state index contributed by atoms with van der Waals surface area (Å²) >= 11 is 0. The molecule has 2 aromatic carbocycles. The Bertz CT molecular complexity index is 984. The molecule has 2 heterocycles. The summed E-state index contributed by atoms with van der Waals surface area (Å²) in [6.45, 7) is 0.740. The van der Waals surface area contributed by atoms with E-state index in [4.69, 9.17) is 18.7 Å². The number of aromatic nitrogens is 1. The molecule has 0 unspecified atom stereocenters. The molecular weight excluding hydrogens is 360 g/mol. The minimum atomic E-state index is -0.260. The van der Waals surface area contributed by atoms with Crippen LogP contribution in [0.4, 0.5) is 0 Å². The fourth-order valence-corrected chi connectivity index (χ4v) is 3.09. The summed E-state index contributed by atoms with van der Waals surface area (Å²) in [5, 5.41) is 3.92. The van der Waals surface area contributed by atoms with Crippen molar-refractivity contribution in [1.82, 2.24) is 10.1 Å². The lowest BCUT2D eigenvalue weighted by atomic mass is 10.1. The van der Waals surface area contributed by atoms with Crippen LogP contribution < -0.4 is 14.2 Å². The predicted molar refractivity (Wildman–Crippen MR) is 102 cm³/mol. The van der Waals surface area contributed by atoms with Gasteiger partial charge in [0.25, 0.3) is 5.91 Å². The Kier molecular flexibility index (Phi) is 4.89. The molecule has 0 bridgehead atoms. The van der Waals surface area contributed by atoms with Gasteiger partial charge in [0.15, 0.2) is 29.1 Å². The van der Waals surface area contributed by atoms with Gasteiger partial charge in [-0.05, 0) is 24.3 Å². The summed E-state index contributed by atoms with van der Waals surface area (Å²) in [5.41, 5.74) is 0.959. The molecule has 1 aromatic heterocycles. The standard InChI is InChI=1S/C21H20N2O5/c1-23(12-14-13-26-18-9-5-6-10-19(18)27-14)21(24)16-11-20(28-22-16)15-7-3-4-8-17(15)25-2/h3-11,14H,12-13H2,1-2H3/t14-/m0/s1. The highest BCUT2D eigenvalue weighted by Crippen LogP contribution is 2.32. The third-order valence-corrected chi connectivity index (χ3v) is 4.49. The van der Waals surface area contributed by atoms with Gasteiger partial charge in [-0.3, -0.25) is 4.79 Å². The van der Waals surface area contributed by atoms with E-state index in [9.17, 15) is 4.79 Å². The van der Waals surface area contributed by atoms with Crippen molar-refractivity contribution >= 4 is 5.91 Å². The number of ether oxygens (including phenoxy) is 3. The van der Waals surface area contributed by atoms with Crippen molar-refractivity contribution in [3.8, 4) is 28.6 Å². The average Bonchev–Trinajstić information content (AvgIpc) is 3.23. The lowest BCUT2D eigenvalue weighted by molar-refractivity contribution is 0.0515. The lowest BCUT2D eigenvalue weighted by Crippen LogP contribution is -2.41. The Balaban J connectivity index is 1.44. The molecule has 0 saturated heterocycles. The first kappa shape index (κ1) is 17.9. The van der Waals surface area contributed by atoms with Crippen LogP contribution in [-0.4, -0.2) is 49.4 Å². The van der Waals surface area contributed by atoms with Gasteiger partial charge in [0, 0.05) is 13.1 Å². The van der Waals surface area contributed by atoms with Crippen LogP contribution in [0.5, 0.6) is 17.2 Å². The normalized spacial score (nSPS) is 15.1. The van der Waals surface area contributed by atoms with Crippen molar-refractivity contribution in [3.05, 3.63) is 60.3 Å². The van der Waals surface area contributed by atoms with E-state index < -0.39 is 0 Å². The first-order chi connectivity index (χ1) is 13.7. The fraction of sp³-hybridized carbons (Fsp3) is 0.238. The quantitative estimate of drug-likeness (QED) is 0.676. The van der Waals surface area contributed by atoms with Crippen molar-refractivity contribution in [1.29, 1.82) is 0 Å². The van der Waals surface area contributed by atoms with Crippen LogP contribution in [0, 0.1) is 0 Å². The molecular formula is C21H20N2O5. The number of methoxy groups -OCH3 is 1. The fourth-order valence-electron chi connectivity index (χ4n) is 3.09. The molecule has 0 spiro atoms. The topological polar surface area (TPSA) is 74.0 Å². The van der Waals surface area contributed by atoms with Crippen LogP contribution in [0.3, 0.4) is 0 Å². The first-order valence-corrected chi connectivity index (χ1v) is 8.90. The number of hydrogen-bond donors (Lipinski definition) is 0. The number of benzene rings is 2. The molecule has 0 saturated carbocycles. The molecule has 1 amide bonds. The summed E-state index contributed by atoms with van der Waals surface area (Å²) in [7, 11) is 3.28. The maximum atomic E-state index is 12.7. The first-order valence-electron chi connectivity index (χ1n) is 8.90. The second kappa shape index (κ2) is 7.64. The van der Waals surface area contributed by atoms with Gasteiger partial charge >= 0.3 is 0 Å². The SMILES string of the molecule is COc1ccccc1-c1cc(C(=O)N(C)C[C@H]2COc3ccccc3O2)no1. The van der Waals surface area contributed by atoms with E-state index in [1.165, 1.54) is 0 Å². The molecule has 0 N–H and O–H groups in total. The number of nitrogens with zero attached hydrogens (tertiary/aromatic N) is 2. The molecule has 144 valence electrons. The Morgan fingerprint density at radius 3 is 2.75 bits per heavy atom. The number of para-hydroxylation sites is 3. The largest absolute Gasteiger partial charge is 0.496 e. The highest BCUT2D eigenvalue weighted by molar-refractivity contribution is 5.93. The number of rotatable bonds is 5. The van der Waals surface area contributed by atoms with Crippen molar-refractivity contribution in [2.24, 2.45) is 0 Å². The highest BCUT2D eigenvalue weighted by Gasteiger charge is 2.26. The zero-order valence-electron chi connectivity index (χ0n) is 15.6. The highest BCUT2D eigenvalue weighted by atomic mass is 16.6. The van der Waals surface area contributed by atoms with E-state index >= 15 is 0 Å². The number of likely N-dealkylation sites (N-methyl/N-ethyl adjacent to an activating group) is 1. The van der Waals surface area contributed by atoms with Gasteiger partial charge in [-0.2, -0.15) is 0 Å². The van der Waals surface area contributed by atoms with Crippen LogP contribution >= 0.6 is 0 Å². The minimum Gasteiger partial charge on any atom is -0.496 e. The Morgan fingerprint density at radius 2 is 1.93 bits per heavy atom. The van der Waals surface area contributed by atoms with Crippen molar-refractivity contribution in [3.63, 3.8) is 0 Å². The number of fused-ring (bicyclic) bond motifs is 1. The van der Waals surface area contributed by atoms with Crippen LogP contribution in [0.15, 0.2) is 59.1 Å². The number of hydrogen-bond acceptors (Lipinski definition) is 6. The molecule has 3 aromatic rings. The van der Waals surface area contributed by atoms with Crippen LogP contribution in [0.1, 0.15) is 10.5 Å². The molecule has 1 aliphatic rings. The third-order valence-electron chi connectivity index (χ3n) is 4.49. The van der Waals surface area contributed by atoms with Gasteiger partial charge in [-0.1, -0.05) is 29.4 Å². The maximum Gasteiger partial charge on any atom is 0.275 e. The molecule has 0 fully saturated rings. The van der Waals surface area contributed by atoms with Crippen LogP contribution in [0.2, 0.25) is 0 Å². The van der Waals surface area contributed by atoms with E-state index in [2.05, 4.69) is 5.16 Å². The number of carbonyl (C=O) groups is 1. The predicted octanol–water partition coefficient (Wildman–Crippen LogP) is 3.26. The number of amides is 1. The second-order valence-electron chi connectivity index (χ2n) is 6.46. The van der Waals surface area contributed by atoms with Crippen molar-refractivity contribution < 1.29 is 23.5 Å². The smallest absolute Gasteiger partial charge is 0.275 e. The third kappa shape index (κ3) is 3.51. The van der Waals surface area contributed by atoms with Crippen LogP contribution in [0.25, 0.3) is 11.3 Å². The molecule has 7 nitrogen and oxygen atoms in total. The van der Waals surface area contributed by atoms with E-state index in [0.717, 1.165) is 5.56 Å². The van der Waals surface area contributed by atoms with E-state index in [0.29, 0.717) is 36.2 Å². The summed E-state index contributed by atoms with van der Waals surface area (Å²) in [4.78, 5) is 14.3. The molecule has 0 radical (unpaired) electrons. The molecule has 28 heavy (non-hydrogen) atoms. The molecule has 1 aliphatic heterocycles. The minimum absolute atomic E-state index is 0.223. The Morgan fingerprint density at radius 1 is 1.18 bits per heavy atom. The number of carbonyl (C=O) groups excluding carboxylic acids is 1. The monoisotopic (exact) mass is 380 g/mol. The van der Waals surface area contributed by atoms with Gasteiger partial charge in [0.05, 0.1) is 19.2 Å². The summed E-state index contributed by atoms with van der Waals surface area (Å²) in [6, 6.07) is 16.5. The van der Waals surface area contributed by atoms with Crippen LogP contribution in [-0.2, 0) is 0 Å². The summed E-state index contributed by atoms with van der Waals surface area (Å²) < 4.78 is 22.3. The Labute approximate surface area is 162 Å². The second-order valence-corrected chi connectivity index (χ2v) is 6.46. The zero-order chi connectivity index (χ0) is 19.5. The van der Waals surface area contributed by atoms with Gasteiger partial charge in [0.2, 0.25) is 0 Å². The molecule has 1 atom stereocenters. The molecule has 0 aliphatic carbocycles. The van der Waals surface area contributed by atoms with E-state index in [1.807, 2.05) is 48.5 Å². The van der Waals surface area contributed by atoms with Gasteiger partial charge in [-0.15, -0.1) is 0 Å². The lowest BCUT2D eigenvalue weighted by Gasteiger charge is -2.29. The maximum absolute atomic E-state index is 12.7. The molecule has 4 rings (SSSR count). The zero-order valence-corrected chi connectivity index (χ0v) is 15.6. The van der Waals surface area contributed by atoms with E-state index in [-0.39, 0.29) is 17.7 Å².